The van der Waals surface area contributed by atoms with Crippen LogP contribution < -0.4 is 5.73 Å². The molecule has 0 spiro atoms. The van der Waals surface area contributed by atoms with E-state index < -0.39 is 5.97 Å². The van der Waals surface area contributed by atoms with Crippen LogP contribution in [0.4, 0.5) is 5.82 Å². The number of ether oxygens (including phenoxy) is 1. The van der Waals surface area contributed by atoms with Crippen LogP contribution in [0.3, 0.4) is 0 Å². The lowest BCUT2D eigenvalue weighted by atomic mass is 9.75. The number of nitrogens with zero attached hydrogens (tertiary/aromatic N) is 3. The molecule has 0 radical (unpaired) electrons. The summed E-state index contributed by atoms with van der Waals surface area (Å²) in [5.74, 6) is 0.729. The molecule has 0 unspecified atom stereocenters. The van der Waals surface area contributed by atoms with Crippen LogP contribution in [0, 0.1) is 6.92 Å². The quantitative estimate of drug-likeness (QED) is 0.826. The van der Waals surface area contributed by atoms with Crippen LogP contribution in [0.2, 0.25) is 0 Å². The number of aryl methyl sites for hydroxylation is 1. The number of nitrogens with two attached hydrogens (primary N) is 1. The molecule has 1 fully saturated rings. The zero-order chi connectivity index (χ0) is 14.9. The molecule has 0 bridgehead atoms. The first kappa shape index (κ1) is 14.8. The molecule has 0 atom stereocenters. The Balaban J connectivity index is 2.27. The molecular formula is C14H24N4O2. The van der Waals surface area contributed by atoms with Gasteiger partial charge in [0.2, 0.25) is 0 Å². The van der Waals surface area contributed by atoms with Crippen LogP contribution in [0.25, 0.3) is 0 Å². The number of hydrogen-bond donors (Lipinski definition) is 1. The van der Waals surface area contributed by atoms with Gasteiger partial charge in [-0.25, -0.2) is 9.78 Å². The molecule has 1 aliphatic carbocycles. The van der Waals surface area contributed by atoms with Crippen molar-refractivity contribution >= 4 is 11.8 Å². The number of likely N-dealkylation sites (N-methyl/N-ethyl adjacent to an activating group) is 1. The van der Waals surface area contributed by atoms with Gasteiger partial charge in [-0.15, -0.1) is 0 Å². The molecule has 0 saturated heterocycles. The van der Waals surface area contributed by atoms with Crippen LogP contribution in [-0.4, -0.2) is 46.7 Å². The third kappa shape index (κ3) is 2.40. The molecule has 2 N–H and O–H groups in total. The van der Waals surface area contributed by atoms with Crippen molar-refractivity contribution < 1.29 is 9.53 Å². The van der Waals surface area contributed by atoms with Gasteiger partial charge in [-0.05, 0) is 47.2 Å². The smallest absolute Gasteiger partial charge is 0.360 e. The summed E-state index contributed by atoms with van der Waals surface area (Å²) in [6, 6.07) is 0. The highest BCUT2D eigenvalue weighted by Crippen LogP contribution is 2.38. The summed E-state index contributed by atoms with van der Waals surface area (Å²) < 4.78 is 6.93. The lowest BCUT2D eigenvalue weighted by Crippen LogP contribution is -2.53. The van der Waals surface area contributed by atoms with Crippen molar-refractivity contribution in [1.82, 2.24) is 14.5 Å². The molecular weight excluding hydrogens is 256 g/mol. The fraction of sp³-hybridized carbons (Fsp3) is 0.714. The number of carbonyl (C=O) groups excluding carboxylic acids is 1. The van der Waals surface area contributed by atoms with E-state index in [9.17, 15) is 4.79 Å². The molecule has 0 aromatic carbocycles. The summed E-state index contributed by atoms with van der Waals surface area (Å²) in [4.78, 5) is 18.4. The third-order valence-corrected chi connectivity index (χ3v) is 4.35. The van der Waals surface area contributed by atoms with Crippen LogP contribution in [0.1, 0.15) is 42.5 Å². The molecule has 0 aliphatic heterocycles. The second-order valence-electron chi connectivity index (χ2n) is 5.67. The van der Waals surface area contributed by atoms with Crippen molar-refractivity contribution in [3.8, 4) is 0 Å². The molecule has 2 rings (SSSR count). The summed E-state index contributed by atoms with van der Waals surface area (Å²) in [5, 5.41) is 0. The average Bonchev–Trinajstić information content (AvgIpc) is 2.60. The predicted molar refractivity (Wildman–Crippen MR) is 77.6 cm³/mol. The largest absolute Gasteiger partial charge is 0.461 e. The Labute approximate surface area is 119 Å². The molecule has 6 heteroatoms. The highest BCUT2D eigenvalue weighted by atomic mass is 16.5. The maximum Gasteiger partial charge on any atom is 0.360 e. The summed E-state index contributed by atoms with van der Waals surface area (Å²) in [7, 11) is 4.18. The number of hydrogen-bond acceptors (Lipinski definition) is 5. The van der Waals surface area contributed by atoms with E-state index in [4.69, 9.17) is 10.5 Å². The summed E-state index contributed by atoms with van der Waals surface area (Å²) in [6.45, 7) is 4.74. The Morgan fingerprint density at radius 3 is 2.60 bits per heavy atom. The van der Waals surface area contributed by atoms with E-state index >= 15 is 0 Å². The second kappa shape index (κ2) is 5.44. The van der Waals surface area contributed by atoms with Gasteiger partial charge in [0, 0.05) is 12.1 Å². The van der Waals surface area contributed by atoms with E-state index in [2.05, 4.69) is 24.0 Å². The number of rotatable bonds is 5. The van der Waals surface area contributed by atoms with Crippen molar-refractivity contribution in [1.29, 1.82) is 0 Å². The third-order valence-electron chi connectivity index (χ3n) is 4.35. The Morgan fingerprint density at radius 2 is 2.15 bits per heavy atom. The first-order valence-electron chi connectivity index (χ1n) is 7.08. The number of nitrogen functional groups attached to an aromatic ring is 1. The lowest BCUT2D eigenvalue weighted by molar-refractivity contribution is 0.0422. The van der Waals surface area contributed by atoms with Gasteiger partial charge in [0.25, 0.3) is 0 Å². The van der Waals surface area contributed by atoms with Gasteiger partial charge in [-0.3, -0.25) is 0 Å². The number of anilines is 1. The lowest BCUT2D eigenvalue weighted by Gasteiger charge is -2.47. The number of imidazole rings is 1. The number of carbonyl (C=O) groups is 1. The van der Waals surface area contributed by atoms with Crippen LogP contribution in [0.15, 0.2) is 0 Å². The van der Waals surface area contributed by atoms with E-state index in [1.165, 1.54) is 6.42 Å². The van der Waals surface area contributed by atoms with Crippen LogP contribution in [-0.2, 0) is 11.3 Å². The average molecular weight is 280 g/mol. The zero-order valence-corrected chi connectivity index (χ0v) is 12.8. The van der Waals surface area contributed by atoms with Gasteiger partial charge < -0.3 is 19.9 Å². The van der Waals surface area contributed by atoms with Gasteiger partial charge in [0.15, 0.2) is 5.69 Å². The van der Waals surface area contributed by atoms with E-state index in [-0.39, 0.29) is 11.2 Å². The molecule has 1 aromatic heterocycles. The monoisotopic (exact) mass is 280 g/mol. The summed E-state index contributed by atoms with van der Waals surface area (Å²) in [6.07, 6.45) is 3.52. The first-order chi connectivity index (χ1) is 9.41. The zero-order valence-electron chi connectivity index (χ0n) is 12.8. The number of esters is 1. The molecule has 1 saturated carbocycles. The molecule has 6 nitrogen and oxygen atoms in total. The Hall–Kier alpha value is -1.56. The van der Waals surface area contributed by atoms with Gasteiger partial charge in [-0.1, -0.05) is 0 Å². The molecule has 1 aromatic rings. The molecule has 112 valence electrons. The predicted octanol–water partition coefficient (Wildman–Crippen LogP) is 1.43. The normalized spacial score (nSPS) is 17.1. The van der Waals surface area contributed by atoms with Gasteiger partial charge in [0.1, 0.15) is 11.6 Å². The van der Waals surface area contributed by atoms with Gasteiger partial charge in [0.05, 0.1) is 6.61 Å². The van der Waals surface area contributed by atoms with Gasteiger partial charge >= 0.3 is 5.97 Å². The SMILES string of the molecule is CCOC(=O)c1nc(C)n(CC2(N(C)C)CCC2)c1N. The first-order valence-corrected chi connectivity index (χ1v) is 7.08. The standard InChI is InChI=1S/C14H24N4O2/c1-5-20-13(19)11-12(15)18(10(2)16-11)9-14(17(3)4)7-6-8-14/h5-9,15H2,1-4H3. The Morgan fingerprint density at radius 1 is 1.50 bits per heavy atom. The minimum Gasteiger partial charge on any atom is -0.461 e. The van der Waals surface area contributed by atoms with E-state index in [0.717, 1.165) is 25.2 Å². The molecule has 1 heterocycles. The van der Waals surface area contributed by atoms with E-state index in [1.54, 1.807) is 6.92 Å². The molecule has 1 aliphatic rings. The Bertz CT molecular complexity index is 504. The van der Waals surface area contributed by atoms with Crippen molar-refractivity contribution in [3.63, 3.8) is 0 Å². The minimum absolute atomic E-state index is 0.130. The summed E-state index contributed by atoms with van der Waals surface area (Å²) in [5.41, 5.74) is 6.47. The highest BCUT2D eigenvalue weighted by molar-refractivity contribution is 5.92. The van der Waals surface area contributed by atoms with Gasteiger partial charge in [-0.2, -0.15) is 0 Å². The maximum atomic E-state index is 11.8. The molecule has 0 amide bonds. The Kier molecular flexibility index (Phi) is 4.04. The maximum absolute atomic E-state index is 11.8. The fourth-order valence-corrected chi connectivity index (χ4v) is 2.76. The van der Waals surface area contributed by atoms with Crippen molar-refractivity contribution in [2.24, 2.45) is 0 Å². The van der Waals surface area contributed by atoms with Crippen LogP contribution in [0.5, 0.6) is 0 Å². The minimum atomic E-state index is -0.445. The topological polar surface area (TPSA) is 73.4 Å². The second-order valence-corrected chi connectivity index (χ2v) is 5.67. The van der Waals surface area contributed by atoms with E-state index in [1.807, 2.05) is 11.5 Å². The molecule has 20 heavy (non-hydrogen) atoms. The fourth-order valence-electron chi connectivity index (χ4n) is 2.76. The highest BCUT2D eigenvalue weighted by Gasteiger charge is 2.40. The summed E-state index contributed by atoms with van der Waals surface area (Å²) >= 11 is 0. The number of aromatic nitrogens is 2. The van der Waals surface area contributed by atoms with Crippen molar-refractivity contribution in [3.05, 3.63) is 11.5 Å². The van der Waals surface area contributed by atoms with E-state index in [0.29, 0.717) is 12.4 Å². The van der Waals surface area contributed by atoms with Crippen molar-refractivity contribution in [2.45, 2.75) is 45.2 Å². The van der Waals surface area contributed by atoms with Crippen molar-refractivity contribution in [2.75, 3.05) is 26.4 Å². The van der Waals surface area contributed by atoms with Crippen LogP contribution >= 0.6 is 0 Å².